The number of imide groups is 1. The van der Waals surface area contributed by atoms with E-state index in [0.717, 1.165) is 44.6 Å². The van der Waals surface area contributed by atoms with E-state index in [4.69, 9.17) is 0 Å². The molecule has 2 heterocycles. The fraction of sp³-hybridized carbons (Fsp3) is 0.296. The van der Waals surface area contributed by atoms with E-state index in [2.05, 4.69) is 56.2 Å². The number of nitrogens with zero attached hydrogens (tertiary/aromatic N) is 2. The van der Waals surface area contributed by atoms with E-state index in [-0.39, 0.29) is 12.1 Å². The molecule has 0 unspecified atom stereocenters. The fourth-order valence-electron chi connectivity index (χ4n) is 4.23. The molecule has 2 aromatic rings. The molecule has 6 nitrogen and oxygen atoms in total. The van der Waals surface area contributed by atoms with Crippen LogP contribution in [0, 0.1) is 13.8 Å². The van der Waals surface area contributed by atoms with Crippen molar-refractivity contribution < 1.29 is 14.4 Å². The van der Waals surface area contributed by atoms with Crippen LogP contribution in [0.15, 0.2) is 47.4 Å². The third-order valence-electron chi connectivity index (χ3n) is 6.40. The van der Waals surface area contributed by atoms with Gasteiger partial charge in [0, 0.05) is 24.0 Å². The van der Waals surface area contributed by atoms with Crippen molar-refractivity contribution in [2.45, 2.75) is 40.2 Å². The monoisotopic (exact) mass is 475 g/mol. The van der Waals surface area contributed by atoms with Crippen LogP contribution in [0.4, 0.5) is 16.2 Å². The summed E-state index contributed by atoms with van der Waals surface area (Å²) in [7, 11) is 2.08. The van der Waals surface area contributed by atoms with Crippen molar-refractivity contribution in [2.75, 3.05) is 23.8 Å². The first-order chi connectivity index (χ1) is 16.0. The van der Waals surface area contributed by atoms with Crippen LogP contribution < -0.4 is 10.2 Å². The van der Waals surface area contributed by atoms with Crippen molar-refractivity contribution in [1.29, 1.82) is 0 Å². The van der Waals surface area contributed by atoms with Gasteiger partial charge in [0.05, 0.1) is 10.4 Å². The first-order valence-electron chi connectivity index (χ1n) is 11.2. The van der Waals surface area contributed by atoms with Gasteiger partial charge in [-0.1, -0.05) is 23.8 Å². The summed E-state index contributed by atoms with van der Waals surface area (Å²) >= 11 is 0.868. The Kier molecular flexibility index (Phi) is 6.16. The van der Waals surface area contributed by atoms with Gasteiger partial charge in [-0.15, -0.1) is 0 Å². The quantitative estimate of drug-likeness (QED) is 0.582. The standard InChI is InChI=1S/C27H29N3O3S/c1-16-7-9-20(10-8-16)28-24(31)15-30-25(32)23(34-26(30)33)13-19-12-21-18(3)14-27(4,5)29(6)22(21)11-17(19)2/h7-14H,15H2,1-6H3,(H,28,31)/b23-13-. The second-order valence-electron chi connectivity index (χ2n) is 9.45. The van der Waals surface area contributed by atoms with Crippen LogP contribution in [0.5, 0.6) is 0 Å². The van der Waals surface area contributed by atoms with Gasteiger partial charge in [-0.05, 0) is 93.4 Å². The average molecular weight is 476 g/mol. The number of carbonyl (C=O) groups is 3. The van der Waals surface area contributed by atoms with Crippen LogP contribution in [-0.2, 0) is 9.59 Å². The average Bonchev–Trinajstić information content (AvgIpc) is 3.02. The zero-order chi connectivity index (χ0) is 24.8. The van der Waals surface area contributed by atoms with Crippen LogP contribution in [-0.4, -0.2) is 41.1 Å². The molecule has 4 rings (SSSR count). The first-order valence-corrected chi connectivity index (χ1v) is 12.0. The van der Waals surface area contributed by atoms with Gasteiger partial charge in [0.15, 0.2) is 0 Å². The highest BCUT2D eigenvalue weighted by Crippen LogP contribution is 2.40. The number of nitrogens with one attached hydrogen (secondary N) is 1. The smallest absolute Gasteiger partial charge is 0.294 e. The summed E-state index contributed by atoms with van der Waals surface area (Å²) in [4.78, 5) is 41.5. The van der Waals surface area contributed by atoms with Gasteiger partial charge in [-0.3, -0.25) is 19.3 Å². The Hall–Kier alpha value is -3.32. The molecule has 0 aromatic heterocycles. The van der Waals surface area contributed by atoms with E-state index in [1.165, 1.54) is 5.57 Å². The molecule has 1 N–H and O–H groups in total. The van der Waals surface area contributed by atoms with Gasteiger partial charge < -0.3 is 10.2 Å². The molecule has 7 heteroatoms. The maximum atomic E-state index is 13.0. The van der Waals surface area contributed by atoms with Gasteiger partial charge in [-0.25, -0.2) is 0 Å². The molecule has 0 aliphatic carbocycles. The number of carbonyl (C=O) groups excluding carboxylic acids is 3. The zero-order valence-electron chi connectivity index (χ0n) is 20.4. The third kappa shape index (κ3) is 4.53. The van der Waals surface area contributed by atoms with E-state index in [1.54, 1.807) is 18.2 Å². The fourth-order valence-corrected chi connectivity index (χ4v) is 5.06. The predicted octanol–water partition coefficient (Wildman–Crippen LogP) is 5.61. The van der Waals surface area contributed by atoms with Gasteiger partial charge in [-0.2, -0.15) is 0 Å². The Bertz CT molecular complexity index is 1260. The molecule has 0 bridgehead atoms. The highest BCUT2D eigenvalue weighted by molar-refractivity contribution is 8.18. The number of benzene rings is 2. The van der Waals surface area contributed by atoms with Gasteiger partial charge in [0.25, 0.3) is 11.1 Å². The SMILES string of the molecule is CC1=CC(C)(C)N(C)c2cc(C)c(/C=C3\SC(=O)N(CC(=O)Nc4ccc(C)cc4)C3=O)cc21. The molecule has 0 saturated carbocycles. The lowest BCUT2D eigenvalue weighted by atomic mass is 9.87. The molecule has 1 saturated heterocycles. The molecule has 176 valence electrons. The van der Waals surface area contributed by atoms with Gasteiger partial charge in [0.1, 0.15) is 6.54 Å². The van der Waals surface area contributed by atoms with Crippen molar-refractivity contribution in [1.82, 2.24) is 4.90 Å². The maximum Gasteiger partial charge on any atom is 0.294 e. The van der Waals surface area contributed by atoms with Crippen LogP contribution >= 0.6 is 11.8 Å². The lowest BCUT2D eigenvalue weighted by molar-refractivity contribution is -0.127. The summed E-state index contributed by atoms with van der Waals surface area (Å²) < 4.78 is 0. The van der Waals surface area contributed by atoms with Crippen molar-refractivity contribution in [3.63, 3.8) is 0 Å². The summed E-state index contributed by atoms with van der Waals surface area (Å²) in [5.74, 6) is -0.861. The van der Waals surface area contributed by atoms with Crippen molar-refractivity contribution >= 4 is 51.8 Å². The molecule has 1 fully saturated rings. The minimum atomic E-state index is -0.448. The van der Waals surface area contributed by atoms with Crippen molar-refractivity contribution in [3.8, 4) is 0 Å². The second kappa shape index (κ2) is 8.80. The highest BCUT2D eigenvalue weighted by atomic mass is 32.2. The molecule has 2 aliphatic rings. The Morgan fingerprint density at radius 3 is 2.44 bits per heavy atom. The summed E-state index contributed by atoms with van der Waals surface area (Å²) in [5, 5.41) is 2.29. The molecular formula is C27H29N3O3S. The molecule has 34 heavy (non-hydrogen) atoms. The number of rotatable bonds is 4. The third-order valence-corrected chi connectivity index (χ3v) is 7.31. The van der Waals surface area contributed by atoms with Gasteiger partial charge >= 0.3 is 0 Å². The van der Waals surface area contributed by atoms with Crippen molar-refractivity contribution in [3.05, 3.63) is 69.6 Å². The van der Waals surface area contributed by atoms with Crippen LogP contribution in [0.2, 0.25) is 0 Å². The van der Waals surface area contributed by atoms with E-state index >= 15 is 0 Å². The number of thioether (sulfide) groups is 1. The summed E-state index contributed by atoms with van der Waals surface area (Å²) in [6.07, 6.45) is 3.99. The number of likely N-dealkylation sites (N-methyl/N-ethyl adjacent to an activating group) is 1. The lowest BCUT2D eigenvalue weighted by Crippen LogP contribution is -2.42. The minimum Gasteiger partial charge on any atom is -0.365 e. The lowest BCUT2D eigenvalue weighted by Gasteiger charge is -2.41. The summed E-state index contributed by atoms with van der Waals surface area (Å²) in [6.45, 7) is 10.1. The summed E-state index contributed by atoms with van der Waals surface area (Å²) in [6, 6.07) is 11.5. The highest BCUT2D eigenvalue weighted by Gasteiger charge is 2.36. The van der Waals surface area contributed by atoms with Crippen LogP contribution in [0.25, 0.3) is 11.6 Å². The van der Waals surface area contributed by atoms with Gasteiger partial charge in [0.2, 0.25) is 5.91 Å². The molecule has 2 aliphatic heterocycles. The molecular weight excluding hydrogens is 446 g/mol. The molecule has 0 spiro atoms. The van der Waals surface area contributed by atoms with E-state index in [9.17, 15) is 14.4 Å². The van der Waals surface area contributed by atoms with Crippen molar-refractivity contribution in [2.24, 2.45) is 0 Å². The molecule has 0 radical (unpaired) electrons. The topological polar surface area (TPSA) is 69.7 Å². The number of aryl methyl sites for hydroxylation is 2. The Morgan fingerprint density at radius 2 is 1.76 bits per heavy atom. The minimum absolute atomic E-state index is 0.0904. The number of amides is 3. The van der Waals surface area contributed by atoms with E-state index < -0.39 is 17.1 Å². The Labute approximate surface area is 204 Å². The Balaban J connectivity index is 1.55. The molecule has 2 aromatic carbocycles. The van der Waals surface area contributed by atoms with E-state index in [1.807, 2.05) is 26.0 Å². The number of hydrogen-bond donors (Lipinski definition) is 1. The molecule has 0 atom stereocenters. The largest absolute Gasteiger partial charge is 0.365 e. The Morgan fingerprint density at radius 1 is 1.09 bits per heavy atom. The maximum absolute atomic E-state index is 13.0. The predicted molar refractivity (Wildman–Crippen MR) is 140 cm³/mol. The normalized spacial score (nSPS) is 18.3. The number of hydrogen-bond acceptors (Lipinski definition) is 5. The first kappa shape index (κ1) is 23.8. The molecule has 3 amide bonds. The van der Waals surface area contributed by atoms with Crippen LogP contribution in [0.1, 0.15) is 43.0 Å². The van der Waals surface area contributed by atoms with E-state index in [0.29, 0.717) is 10.6 Å². The summed E-state index contributed by atoms with van der Waals surface area (Å²) in [5.41, 5.74) is 6.93. The number of fused-ring (bicyclic) bond motifs is 1. The number of allylic oxidation sites excluding steroid dienone is 1. The zero-order valence-corrected chi connectivity index (χ0v) is 21.2. The van der Waals surface area contributed by atoms with Crippen LogP contribution in [0.3, 0.4) is 0 Å². The second-order valence-corrected chi connectivity index (χ2v) is 10.4. The number of anilines is 2.